The number of rotatable bonds is 4. The third-order valence-corrected chi connectivity index (χ3v) is 3.26. The molecule has 6 nitrogen and oxygen atoms in total. The van der Waals surface area contributed by atoms with E-state index in [1.165, 1.54) is 0 Å². The Morgan fingerprint density at radius 3 is 3.00 bits per heavy atom. The lowest BCUT2D eigenvalue weighted by Crippen LogP contribution is -2.46. The second-order valence-electron chi connectivity index (χ2n) is 4.97. The van der Waals surface area contributed by atoms with Crippen LogP contribution < -0.4 is 0 Å². The summed E-state index contributed by atoms with van der Waals surface area (Å²) in [5.41, 5.74) is 1.27. The quantitative estimate of drug-likeness (QED) is 0.821. The van der Waals surface area contributed by atoms with Gasteiger partial charge in [0.15, 0.2) is 0 Å². The largest absolute Gasteiger partial charge is 0.385 e. The minimum absolute atomic E-state index is 0.0386. The smallest absolute Gasteiger partial charge is 0.272 e. The number of aryl methyl sites for hydroxylation is 2. The van der Waals surface area contributed by atoms with E-state index in [1.807, 2.05) is 6.92 Å². The third kappa shape index (κ3) is 3.74. The predicted octanol–water partition coefficient (Wildman–Crippen LogP) is 0.971. The number of hydrogen-bond acceptors (Lipinski definition) is 5. The topological polar surface area (TPSA) is 64.5 Å². The summed E-state index contributed by atoms with van der Waals surface area (Å²) in [5.74, 6) is 0.571. The lowest BCUT2D eigenvalue weighted by molar-refractivity contribution is -0.0334. The van der Waals surface area contributed by atoms with Gasteiger partial charge in [0.1, 0.15) is 11.5 Å². The summed E-state index contributed by atoms with van der Waals surface area (Å²) in [6.45, 7) is 6.05. The molecule has 6 heteroatoms. The minimum Gasteiger partial charge on any atom is -0.385 e. The van der Waals surface area contributed by atoms with E-state index in [-0.39, 0.29) is 12.0 Å². The van der Waals surface area contributed by atoms with Crippen molar-refractivity contribution in [3.63, 3.8) is 0 Å². The lowest BCUT2D eigenvalue weighted by atomic mass is 10.2. The molecule has 0 N–H and O–H groups in total. The molecule has 1 saturated heterocycles. The molecule has 20 heavy (non-hydrogen) atoms. The van der Waals surface area contributed by atoms with Gasteiger partial charge in [-0.2, -0.15) is 0 Å². The van der Waals surface area contributed by atoms with Crippen molar-refractivity contribution in [3.05, 3.63) is 23.3 Å². The van der Waals surface area contributed by atoms with Crippen LogP contribution in [0.5, 0.6) is 0 Å². The van der Waals surface area contributed by atoms with Crippen LogP contribution in [0.2, 0.25) is 0 Å². The molecule has 1 fully saturated rings. The average molecular weight is 279 g/mol. The Morgan fingerprint density at radius 2 is 2.30 bits per heavy atom. The molecule has 0 spiro atoms. The molecule has 0 aliphatic carbocycles. The highest BCUT2D eigenvalue weighted by atomic mass is 16.5. The van der Waals surface area contributed by atoms with E-state index in [4.69, 9.17) is 9.47 Å². The molecule has 1 aromatic rings. The van der Waals surface area contributed by atoms with Gasteiger partial charge in [0.2, 0.25) is 0 Å². The summed E-state index contributed by atoms with van der Waals surface area (Å²) in [4.78, 5) is 22.7. The standard InChI is InChI=1S/C14H21N3O3/c1-10-8-13(16-11(2)15-10)14(18)17-5-7-20-12(9-17)4-6-19-3/h8,12H,4-7,9H2,1-3H3/t12-/m0/s1. The first-order valence-corrected chi connectivity index (χ1v) is 6.82. The fourth-order valence-corrected chi connectivity index (χ4v) is 2.32. The number of ether oxygens (including phenoxy) is 2. The molecule has 1 atom stereocenters. The molecule has 1 aromatic heterocycles. The summed E-state index contributed by atoms with van der Waals surface area (Å²) < 4.78 is 10.7. The summed E-state index contributed by atoms with van der Waals surface area (Å²) in [7, 11) is 1.66. The average Bonchev–Trinajstić information content (AvgIpc) is 2.43. The molecule has 2 rings (SSSR count). The number of amides is 1. The zero-order chi connectivity index (χ0) is 14.5. The maximum atomic E-state index is 12.5. The highest BCUT2D eigenvalue weighted by Crippen LogP contribution is 2.12. The molecule has 0 radical (unpaired) electrons. The van der Waals surface area contributed by atoms with E-state index in [9.17, 15) is 4.79 Å². The van der Waals surface area contributed by atoms with Crippen LogP contribution in [-0.2, 0) is 9.47 Å². The van der Waals surface area contributed by atoms with Crippen molar-refractivity contribution in [2.75, 3.05) is 33.4 Å². The SMILES string of the molecule is COCC[C@H]1CN(C(=O)c2cc(C)nc(C)n2)CCO1. The van der Waals surface area contributed by atoms with E-state index in [1.54, 1.807) is 25.0 Å². The molecular formula is C14H21N3O3. The van der Waals surface area contributed by atoms with Crippen molar-refractivity contribution in [2.45, 2.75) is 26.4 Å². The van der Waals surface area contributed by atoms with Crippen LogP contribution in [0.4, 0.5) is 0 Å². The zero-order valence-corrected chi connectivity index (χ0v) is 12.3. The van der Waals surface area contributed by atoms with Gasteiger partial charge < -0.3 is 14.4 Å². The molecule has 110 valence electrons. The Labute approximate surface area is 119 Å². The fraction of sp³-hybridized carbons (Fsp3) is 0.643. The van der Waals surface area contributed by atoms with E-state index in [2.05, 4.69) is 9.97 Å². The second kappa shape index (κ2) is 6.76. The number of morpholine rings is 1. The summed E-state index contributed by atoms with van der Waals surface area (Å²) >= 11 is 0. The molecule has 2 heterocycles. The number of methoxy groups -OCH3 is 1. The molecule has 0 aromatic carbocycles. The van der Waals surface area contributed by atoms with Crippen molar-refractivity contribution in [1.82, 2.24) is 14.9 Å². The van der Waals surface area contributed by atoms with Gasteiger partial charge in [-0.1, -0.05) is 0 Å². The highest BCUT2D eigenvalue weighted by Gasteiger charge is 2.25. The number of nitrogens with zero attached hydrogens (tertiary/aromatic N) is 3. The first-order valence-electron chi connectivity index (χ1n) is 6.82. The van der Waals surface area contributed by atoms with Crippen LogP contribution in [0.15, 0.2) is 6.07 Å². The maximum Gasteiger partial charge on any atom is 0.272 e. The van der Waals surface area contributed by atoms with Gasteiger partial charge in [-0.15, -0.1) is 0 Å². The second-order valence-corrected chi connectivity index (χ2v) is 4.97. The predicted molar refractivity (Wildman–Crippen MR) is 73.6 cm³/mol. The van der Waals surface area contributed by atoms with Crippen LogP contribution in [0, 0.1) is 13.8 Å². The van der Waals surface area contributed by atoms with Crippen LogP contribution in [0.3, 0.4) is 0 Å². The summed E-state index contributed by atoms with van der Waals surface area (Å²) in [6, 6.07) is 1.73. The molecule has 1 aliphatic heterocycles. The Kier molecular flexibility index (Phi) is 5.03. The number of carbonyl (C=O) groups excluding carboxylic acids is 1. The number of carbonyl (C=O) groups is 1. The molecule has 1 amide bonds. The van der Waals surface area contributed by atoms with Gasteiger partial charge in [0.25, 0.3) is 5.91 Å². The van der Waals surface area contributed by atoms with E-state index >= 15 is 0 Å². The van der Waals surface area contributed by atoms with Gasteiger partial charge >= 0.3 is 0 Å². The van der Waals surface area contributed by atoms with Gasteiger partial charge in [0.05, 0.1) is 12.7 Å². The summed E-state index contributed by atoms with van der Waals surface area (Å²) in [5, 5.41) is 0. The van der Waals surface area contributed by atoms with Crippen LogP contribution >= 0.6 is 0 Å². The Hall–Kier alpha value is -1.53. The first-order chi connectivity index (χ1) is 9.60. The van der Waals surface area contributed by atoms with Crippen molar-refractivity contribution in [2.24, 2.45) is 0 Å². The van der Waals surface area contributed by atoms with Crippen LogP contribution in [-0.4, -0.2) is 60.3 Å². The maximum absolute atomic E-state index is 12.5. The van der Waals surface area contributed by atoms with Crippen molar-refractivity contribution in [1.29, 1.82) is 0 Å². The monoisotopic (exact) mass is 279 g/mol. The zero-order valence-electron chi connectivity index (χ0n) is 12.3. The fourth-order valence-electron chi connectivity index (χ4n) is 2.32. The first kappa shape index (κ1) is 14.9. The van der Waals surface area contributed by atoms with Crippen molar-refractivity contribution >= 4 is 5.91 Å². The van der Waals surface area contributed by atoms with E-state index in [0.29, 0.717) is 37.8 Å². The Balaban J connectivity index is 2.04. The molecule has 1 aliphatic rings. The van der Waals surface area contributed by atoms with Crippen molar-refractivity contribution < 1.29 is 14.3 Å². The summed E-state index contributed by atoms with van der Waals surface area (Å²) in [6.07, 6.45) is 0.832. The molecule has 0 unspecified atom stereocenters. The van der Waals surface area contributed by atoms with Gasteiger partial charge in [-0.05, 0) is 26.3 Å². The lowest BCUT2D eigenvalue weighted by Gasteiger charge is -2.32. The third-order valence-electron chi connectivity index (χ3n) is 3.26. The van der Waals surface area contributed by atoms with Crippen LogP contribution in [0.1, 0.15) is 28.4 Å². The van der Waals surface area contributed by atoms with Gasteiger partial charge in [-0.25, -0.2) is 9.97 Å². The highest BCUT2D eigenvalue weighted by molar-refractivity contribution is 5.92. The van der Waals surface area contributed by atoms with Gasteiger partial charge in [-0.3, -0.25) is 4.79 Å². The Morgan fingerprint density at radius 1 is 1.50 bits per heavy atom. The van der Waals surface area contributed by atoms with Crippen molar-refractivity contribution in [3.8, 4) is 0 Å². The Bertz CT molecular complexity index is 458. The van der Waals surface area contributed by atoms with Crippen LogP contribution in [0.25, 0.3) is 0 Å². The normalized spacial score (nSPS) is 19.1. The minimum atomic E-state index is -0.0516. The van der Waals surface area contributed by atoms with E-state index < -0.39 is 0 Å². The molecular weight excluding hydrogens is 258 g/mol. The molecule has 0 bridgehead atoms. The van der Waals surface area contributed by atoms with Gasteiger partial charge in [0, 0.05) is 32.5 Å². The number of aromatic nitrogens is 2. The van der Waals surface area contributed by atoms with E-state index in [0.717, 1.165) is 12.1 Å². The molecule has 0 saturated carbocycles. The number of hydrogen-bond donors (Lipinski definition) is 0.